The number of carbonyl (C=O) groups excluding carboxylic acids is 11. The predicted octanol–water partition coefficient (Wildman–Crippen LogP) is -6.81. The van der Waals surface area contributed by atoms with E-state index in [1.54, 1.807) is 6.26 Å². The summed E-state index contributed by atoms with van der Waals surface area (Å²) in [5, 5.41) is 50.1. The van der Waals surface area contributed by atoms with Crippen LogP contribution in [0.15, 0.2) is 30.0 Å². The number of aliphatic imine (C=N–C) groups is 1. The van der Waals surface area contributed by atoms with Crippen LogP contribution in [-0.4, -0.2) is 204 Å². The highest BCUT2D eigenvalue weighted by molar-refractivity contribution is 7.98. The third-order valence-corrected chi connectivity index (χ3v) is 13.2. The number of nitrogens with two attached hydrogens (primary N) is 5. The second kappa shape index (κ2) is 39.2. The largest absolute Gasteiger partial charge is 0.481 e. The lowest BCUT2D eigenvalue weighted by molar-refractivity contribution is -0.140. The number of thioether (sulfide) groups is 1. The van der Waals surface area contributed by atoms with Crippen LogP contribution in [0, 0.1) is 0 Å². The molecule has 87 heavy (non-hydrogen) atoms. The fraction of sp³-hybridized carbons (Fsp3) is 0.580. The zero-order valence-corrected chi connectivity index (χ0v) is 48.7. The topological polar surface area (TPSA) is 608 Å². The number of rotatable bonds is 44. The maximum absolute atomic E-state index is 14.5. The number of amides is 11. The third-order valence-electron chi connectivity index (χ3n) is 12.6. The van der Waals surface area contributed by atoms with Gasteiger partial charge in [-0.1, -0.05) is 0 Å². The first-order valence-corrected chi connectivity index (χ1v) is 28.7. The summed E-state index contributed by atoms with van der Waals surface area (Å²) in [6.07, 6.45) is 2.02. The van der Waals surface area contributed by atoms with Crippen molar-refractivity contribution in [3.63, 3.8) is 0 Å². The lowest BCUT2D eigenvalue weighted by atomic mass is 10.0. The minimum absolute atomic E-state index is 0.0175. The van der Waals surface area contributed by atoms with Crippen molar-refractivity contribution in [3.05, 3.63) is 36.4 Å². The van der Waals surface area contributed by atoms with Crippen LogP contribution in [0.4, 0.5) is 0 Å². The van der Waals surface area contributed by atoms with Crippen LogP contribution in [0.3, 0.4) is 0 Å². The van der Waals surface area contributed by atoms with Crippen LogP contribution in [0.25, 0.3) is 0 Å². The molecule has 24 N–H and O–H groups in total. The molecule has 0 aliphatic carbocycles. The molecule has 0 aliphatic heterocycles. The lowest BCUT2D eigenvalue weighted by Gasteiger charge is -2.28. The number of aromatic amines is 2. The first kappa shape index (κ1) is 73.7. The molecule has 36 nitrogen and oxygen atoms in total. The van der Waals surface area contributed by atoms with Crippen LogP contribution in [0.5, 0.6) is 0 Å². The fourth-order valence-electron chi connectivity index (χ4n) is 8.14. The van der Waals surface area contributed by atoms with Gasteiger partial charge in [-0.05, 0) is 76.3 Å². The SMILES string of the molecule is CSCC[C@H](NC(=O)[C@H](CCCCN)NC(=O)[C@H](CCCN=C(N)N)NC(=O)[C@H](Cc1cnc[nH]1)NC(=O)[C@H](CCC(=O)O)NC(=O)[C@H](CCC(N)=O)NC(=O)[C@H](Cc1cnc[nH]1)NC(=O)[C@H](CCC(=O)O)NC(C)=O)C(=O)N[C@@H](CC(=O)O)C(N)=O. The van der Waals surface area contributed by atoms with Gasteiger partial charge in [-0.3, -0.25) is 72.1 Å². The molecule has 0 fully saturated rings. The predicted molar refractivity (Wildman–Crippen MR) is 307 cm³/mol. The zero-order chi connectivity index (χ0) is 65.2. The number of aliphatic carboxylic acids is 3. The van der Waals surface area contributed by atoms with E-state index in [1.807, 2.05) is 0 Å². The van der Waals surface area contributed by atoms with Gasteiger partial charge in [-0.2, -0.15) is 11.8 Å². The molecule has 9 atom stereocenters. The maximum Gasteiger partial charge on any atom is 0.305 e. The van der Waals surface area contributed by atoms with Gasteiger partial charge in [-0.15, -0.1) is 0 Å². The Balaban J connectivity index is 2.59. The molecule has 0 spiro atoms. The Hall–Kier alpha value is -9.42. The first-order chi connectivity index (χ1) is 41.1. The molecule has 0 unspecified atom stereocenters. The molecule has 11 amide bonds. The number of hydrogen-bond acceptors (Lipinski definition) is 19. The molecule has 2 rings (SSSR count). The number of hydrogen-bond donors (Lipinski definition) is 19. The molecule has 2 heterocycles. The summed E-state index contributed by atoms with van der Waals surface area (Å²) in [6.45, 7) is 1.18. The number of nitrogens with one attached hydrogen (secondary N) is 11. The van der Waals surface area contributed by atoms with Gasteiger partial charge in [0, 0.05) is 69.4 Å². The molecular formula is C50H79N19O17S. The van der Waals surface area contributed by atoms with Crippen LogP contribution in [-0.2, 0) is 80.0 Å². The third kappa shape index (κ3) is 29.8. The number of aromatic nitrogens is 4. The summed E-state index contributed by atoms with van der Waals surface area (Å²) in [4.78, 5) is 201. The van der Waals surface area contributed by atoms with Crippen molar-refractivity contribution in [2.24, 2.45) is 33.7 Å². The van der Waals surface area contributed by atoms with Gasteiger partial charge in [0.05, 0.1) is 19.1 Å². The Morgan fingerprint density at radius 2 is 0.862 bits per heavy atom. The number of carboxylic acid groups (broad SMARTS) is 3. The Kier molecular flexibility index (Phi) is 33.2. The molecule has 482 valence electrons. The highest BCUT2D eigenvalue weighted by atomic mass is 32.2. The van der Waals surface area contributed by atoms with Crippen molar-refractivity contribution in [2.45, 2.75) is 158 Å². The van der Waals surface area contributed by atoms with Gasteiger partial charge in [0.2, 0.25) is 65.0 Å². The Bertz CT molecular complexity index is 2690. The number of carboxylic acids is 3. The van der Waals surface area contributed by atoms with E-state index in [4.69, 9.17) is 28.7 Å². The second-order valence-electron chi connectivity index (χ2n) is 19.7. The van der Waals surface area contributed by atoms with E-state index in [1.165, 1.54) is 36.8 Å². The molecule has 0 bridgehead atoms. The average molecular weight is 1250 g/mol. The molecule has 0 aromatic carbocycles. The number of imidazole rings is 2. The van der Waals surface area contributed by atoms with E-state index in [0.717, 1.165) is 6.92 Å². The summed E-state index contributed by atoms with van der Waals surface area (Å²) in [7, 11) is 0. The number of unbranched alkanes of at least 4 members (excludes halogenated alkanes) is 1. The van der Waals surface area contributed by atoms with Gasteiger partial charge in [0.25, 0.3) is 0 Å². The summed E-state index contributed by atoms with van der Waals surface area (Å²) in [5.41, 5.74) is 28.0. The van der Waals surface area contributed by atoms with Crippen LogP contribution in [0.1, 0.15) is 102 Å². The Morgan fingerprint density at radius 3 is 1.21 bits per heavy atom. The van der Waals surface area contributed by atoms with E-state index < -0.39 is 189 Å². The molecule has 37 heteroatoms. The molecule has 2 aromatic rings. The molecule has 0 saturated carbocycles. The van der Waals surface area contributed by atoms with Crippen molar-refractivity contribution >= 4 is 101 Å². The number of primary amides is 2. The maximum atomic E-state index is 14.5. The first-order valence-electron chi connectivity index (χ1n) is 27.3. The number of guanidine groups is 1. The van der Waals surface area contributed by atoms with E-state index in [0.29, 0.717) is 6.42 Å². The van der Waals surface area contributed by atoms with E-state index in [9.17, 15) is 82.4 Å². The summed E-state index contributed by atoms with van der Waals surface area (Å²) >= 11 is 1.29. The van der Waals surface area contributed by atoms with Crippen molar-refractivity contribution < 1.29 is 82.4 Å². The number of H-pyrrole nitrogens is 2. The summed E-state index contributed by atoms with van der Waals surface area (Å²) in [6, 6.07) is -14.3. The highest BCUT2D eigenvalue weighted by Gasteiger charge is 2.36. The monoisotopic (exact) mass is 1250 g/mol. The van der Waals surface area contributed by atoms with Gasteiger partial charge < -0.3 is 102 Å². The smallest absolute Gasteiger partial charge is 0.305 e. The minimum atomic E-state index is -1.83. The van der Waals surface area contributed by atoms with Gasteiger partial charge in [0.15, 0.2) is 5.96 Å². The molecule has 2 aromatic heterocycles. The highest BCUT2D eigenvalue weighted by Crippen LogP contribution is 2.12. The molecule has 0 saturated heterocycles. The quantitative estimate of drug-likeness (QED) is 0.0167. The average Bonchev–Trinajstić information content (AvgIpc) is 4.00. The van der Waals surface area contributed by atoms with Gasteiger partial charge >= 0.3 is 17.9 Å². The van der Waals surface area contributed by atoms with Gasteiger partial charge in [0.1, 0.15) is 54.4 Å². The zero-order valence-electron chi connectivity index (χ0n) is 47.9. The molecular weight excluding hydrogens is 1170 g/mol. The van der Waals surface area contributed by atoms with Gasteiger partial charge in [-0.25, -0.2) is 9.97 Å². The molecule has 0 aliphatic rings. The standard InChI is InChI=1S/C50H79N19O17S/c1-25(70)61-30(9-12-38(72)73)44(81)68-36(19-27-22-57-24-60-27)49(86)65-31(8-11-37(52)71)45(82)64-32(10-13-39(74)75)46(83)69-35(18-26-21-56-23-59-26)48(85)63-29(7-5-16-58-50(54)55)43(80)62-28(6-3-4-15-51)42(79)66-33(14-17-87-2)47(84)67-34(41(53)78)20-40(76)77/h21-24,28-36H,3-20,51H2,1-2H3,(H2,52,71)(H2,53,78)(H,56,59)(H,57,60)(H,61,70)(H,62,80)(H,63,85)(H,64,82)(H,65,86)(H,66,79)(H,67,84)(H,68,81)(H,69,83)(H,72,73)(H,74,75)(H,76,77)(H4,54,55,58)/t28-,29-,30-,31-,32-,33-,34-,35-,36-/m0/s1. The lowest BCUT2D eigenvalue weighted by Crippen LogP contribution is -2.61. The summed E-state index contributed by atoms with van der Waals surface area (Å²) < 4.78 is 0. The van der Waals surface area contributed by atoms with Crippen molar-refractivity contribution in [1.29, 1.82) is 0 Å². The van der Waals surface area contributed by atoms with Crippen LogP contribution < -0.4 is 76.5 Å². The van der Waals surface area contributed by atoms with Crippen molar-refractivity contribution in [2.75, 3.05) is 25.1 Å². The molecule has 0 radical (unpaired) electrons. The van der Waals surface area contributed by atoms with E-state index in [2.05, 4.69) is 72.8 Å². The fourth-order valence-corrected chi connectivity index (χ4v) is 8.61. The minimum Gasteiger partial charge on any atom is -0.481 e. The van der Waals surface area contributed by atoms with E-state index >= 15 is 0 Å². The Morgan fingerprint density at radius 1 is 0.494 bits per heavy atom. The Labute approximate surface area is 502 Å². The van der Waals surface area contributed by atoms with Crippen molar-refractivity contribution in [1.82, 2.24) is 67.8 Å². The number of nitrogens with zero attached hydrogens (tertiary/aromatic N) is 3. The summed E-state index contributed by atoms with van der Waals surface area (Å²) in [5.74, 6) is -15.4. The van der Waals surface area contributed by atoms with Crippen molar-refractivity contribution in [3.8, 4) is 0 Å². The number of carbonyl (C=O) groups is 14. The van der Waals surface area contributed by atoms with E-state index in [-0.39, 0.29) is 74.7 Å². The second-order valence-corrected chi connectivity index (χ2v) is 20.7. The van der Waals surface area contributed by atoms with Crippen LogP contribution in [0.2, 0.25) is 0 Å². The normalized spacial score (nSPS) is 14.0. The van der Waals surface area contributed by atoms with Crippen LogP contribution >= 0.6 is 11.8 Å².